The number of aryl methyl sites for hydroxylation is 1. The van der Waals surface area contributed by atoms with Gasteiger partial charge in [0, 0.05) is 11.3 Å². The SMILES string of the molecule is COc1cc(/C=C/C(=O)c2ccc(NC(=O)NS(=O)(=O)c3ccc(C)cc3)cc2)cc(OC)c1OC. The van der Waals surface area contributed by atoms with Gasteiger partial charge in [-0.15, -0.1) is 0 Å². The normalized spacial score (nSPS) is 11.1. The second kappa shape index (κ2) is 11.4. The molecule has 9 nitrogen and oxygen atoms in total. The minimum absolute atomic E-state index is 0.0249. The van der Waals surface area contributed by atoms with E-state index in [1.54, 1.807) is 30.3 Å². The average Bonchev–Trinajstić information content (AvgIpc) is 2.86. The van der Waals surface area contributed by atoms with Gasteiger partial charge in [0.2, 0.25) is 5.75 Å². The molecule has 2 amide bonds. The van der Waals surface area contributed by atoms with E-state index in [0.717, 1.165) is 5.56 Å². The molecule has 0 aromatic heterocycles. The van der Waals surface area contributed by atoms with Crippen molar-refractivity contribution in [3.63, 3.8) is 0 Å². The number of amides is 2. The van der Waals surface area contributed by atoms with E-state index in [0.29, 0.717) is 34.1 Å². The Labute approximate surface area is 209 Å². The standard InChI is InChI=1S/C26H26N2O7S/c1-17-5-12-21(13-6-17)36(31,32)28-26(30)27-20-10-8-19(9-11-20)22(29)14-7-18-15-23(33-2)25(35-4)24(16-18)34-3/h5-16H,1-4H3,(H2,27,28,30)/b14-7+. The maximum absolute atomic E-state index is 12.6. The zero-order valence-electron chi connectivity index (χ0n) is 20.2. The lowest BCUT2D eigenvalue weighted by atomic mass is 10.1. The number of urea groups is 1. The van der Waals surface area contributed by atoms with Gasteiger partial charge in [-0.3, -0.25) is 4.79 Å². The molecule has 3 aromatic rings. The first-order chi connectivity index (χ1) is 17.2. The van der Waals surface area contributed by atoms with Gasteiger partial charge in [0.05, 0.1) is 26.2 Å². The molecule has 0 heterocycles. The summed E-state index contributed by atoms with van der Waals surface area (Å²) in [7, 11) is 0.495. The van der Waals surface area contributed by atoms with Crippen LogP contribution in [0.3, 0.4) is 0 Å². The third-order valence-electron chi connectivity index (χ3n) is 5.10. The van der Waals surface area contributed by atoms with Crippen LogP contribution >= 0.6 is 0 Å². The van der Waals surface area contributed by atoms with Crippen molar-refractivity contribution in [1.29, 1.82) is 0 Å². The molecule has 0 aliphatic carbocycles. The van der Waals surface area contributed by atoms with Crippen LogP contribution in [0.1, 0.15) is 21.5 Å². The van der Waals surface area contributed by atoms with E-state index in [-0.39, 0.29) is 10.7 Å². The Hall–Kier alpha value is -4.31. The lowest BCUT2D eigenvalue weighted by Gasteiger charge is -2.12. The number of allylic oxidation sites excluding steroid dienone is 1. The lowest BCUT2D eigenvalue weighted by Crippen LogP contribution is -2.34. The number of carbonyl (C=O) groups excluding carboxylic acids is 2. The fourth-order valence-electron chi connectivity index (χ4n) is 3.24. The highest BCUT2D eigenvalue weighted by Gasteiger charge is 2.17. The van der Waals surface area contributed by atoms with Gasteiger partial charge in [0.15, 0.2) is 17.3 Å². The third kappa shape index (κ3) is 6.42. The number of nitrogens with one attached hydrogen (secondary N) is 2. The molecule has 0 aliphatic rings. The van der Waals surface area contributed by atoms with E-state index in [4.69, 9.17) is 14.2 Å². The van der Waals surface area contributed by atoms with Crippen LogP contribution in [0, 0.1) is 6.92 Å². The van der Waals surface area contributed by atoms with Crippen molar-refractivity contribution >= 4 is 33.6 Å². The molecule has 0 bridgehead atoms. The molecule has 0 fully saturated rings. The van der Waals surface area contributed by atoms with Crippen LogP contribution in [0.4, 0.5) is 10.5 Å². The number of carbonyl (C=O) groups is 2. The maximum atomic E-state index is 12.6. The number of ketones is 1. The predicted octanol–water partition coefficient (Wildman–Crippen LogP) is 4.43. The van der Waals surface area contributed by atoms with Gasteiger partial charge in [0.1, 0.15) is 0 Å². The van der Waals surface area contributed by atoms with Gasteiger partial charge in [-0.1, -0.05) is 23.8 Å². The summed E-state index contributed by atoms with van der Waals surface area (Å²) >= 11 is 0. The van der Waals surface area contributed by atoms with Crippen molar-refractivity contribution in [2.24, 2.45) is 0 Å². The lowest BCUT2D eigenvalue weighted by molar-refractivity contribution is 0.104. The summed E-state index contributed by atoms with van der Waals surface area (Å²) < 4.78 is 42.6. The van der Waals surface area contributed by atoms with Crippen molar-refractivity contribution in [1.82, 2.24) is 4.72 Å². The number of benzene rings is 3. The fourth-order valence-corrected chi connectivity index (χ4v) is 4.15. The van der Waals surface area contributed by atoms with Gasteiger partial charge in [-0.05, 0) is 67.1 Å². The Kier molecular flexibility index (Phi) is 8.34. The Bertz CT molecular complexity index is 1360. The molecule has 188 valence electrons. The van der Waals surface area contributed by atoms with E-state index in [2.05, 4.69) is 5.32 Å². The highest BCUT2D eigenvalue weighted by atomic mass is 32.2. The number of ether oxygens (including phenoxy) is 3. The summed E-state index contributed by atoms with van der Waals surface area (Å²) in [5, 5.41) is 2.44. The number of methoxy groups -OCH3 is 3. The van der Waals surface area contributed by atoms with Crippen molar-refractivity contribution in [3.05, 3.63) is 83.4 Å². The average molecular weight is 511 g/mol. The Balaban J connectivity index is 1.66. The van der Waals surface area contributed by atoms with Crippen LogP contribution < -0.4 is 24.2 Å². The molecule has 0 radical (unpaired) electrons. The minimum Gasteiger partial charge on any atom is -0.493 e. The van der Waals surface area contributed by atoms with Crippen molar-refractivity contribution in [2.75, 3.05) is 26.6 Å². The first kappa shape index (κ1) is 26.3. The number of anilines is 1. The topological polar surface area (TPSA) is 120 Å². The van der Waals surface area contributed by atoms with Gasteiger partial charge >= 0.3 is 6.03 Å². The Morgan fingerprint density at radius 3 is 1.94 bits per heavy atom. The highest BCUT2D eigenvalue weighted by molar-refractivity contribution is 7.90. The summed E-state index contributed by atoms with van der Waals surface area (Å²) in [6, 6.07) is 14.6. The Morgan fingerprint density at radius 2 is 1.42 bits per heavy atom. The molecule has 0 atom stereocenters. The molecule has 3 aromatic carbocycles. The molecule has 0 saturated carbocycles. The third-order valence-corrected chi connectivity index (χ3v) is 6.45. The smallest absolute Gasteiger partial charge is 0.333 e. The molecule has 10 heteroatoms. The minimum atomic E-state index is -4.02. The first-order valence-corrected chi connectivity index (χ1v) is 12.2. The monoisotopic (exact) mass is 510 g/mol. The van der Waals surface area contributed by atoms with Crippen LogP contribution in [-0.2, 0) is 10.0 Å². The number of hydrogen-bond acceptors (Lipinski definition) is 7. The largest absolute Gasteiger partial charge is 0.493 e. The number of hydrogen-bond donors (Lipinski definition) is 2. The summed E-state index contributed by atoms with van der Waals surface area (Å²) in [6.07, 6.45) is 3.01. The van der Waals surface area contributed by atoms with Crippen LogP contribution in [0.25, 0.3) is 6.08 Å². The van der Waals surface area contributed by atoms with Crippen molar-refractivity contribution in [2.45, 2.75) is 11.8 Å². The summed E-state index contributed by atoms with van der Waals surface area (Å²) in [6.45, 7) is 1.83. The van der Waals surface area contributed by atoms with E-state index >= 15 is 0 Å². The number of rotatable bonds is 9. The molecule has 36 heavy (non-hydrogen) atoms. The quantitative estimate of drug-likeness (QED) is 0.323. The number of sulfonamides is 1. The van der Waals surface area contributed by atoms with Crippen molar-refractivity contribution in [3.8, 4) is 17.2 Å². The zero-order chi connectivity index (χ0) is 26.3. The van der Waals surface area contributed by atoms with E-state index < -0.39 is 16.1 Å². The molecule has 2 N–H and O–H groups in total. The molecular weight excluding hydrogens is 484 g/mol. The van der Waals surface area contributed by atoms with Crippen LogP contribution in [0.2, 0.25) is 0 Å². The molecule has 0 unspecified atom stereocenters. The fraction of sp³-hybridized carbons (Fsp3) is 0.154. The van der Waals surface area contributed by atoms with Gasteiger partial charge < -0.3 is 19.5 Å². The second-order valence-corrected chi connectivity index (χ2v) is 9.29. The summed E-state index contributed by atoms with van der Waals surface area (Å²) in [5.74, 6) is 1.09. The van der Waals surface area contributed by atoms with E-state index in [1.165, 1.54) is 63.8 Å². The van der Waals surface area contributed by atoms with Gasteiger partial charge in [0.25, 0.3) is 10.0 Å². The Morgan fingerprint density at radius 1 is 0.833 bits per heavy atom. The molecule has 0 aliphatic heterocycles. The molecule has 0 spiro atoms. The predicted molar refractivity (Wildman–Crippen MR) is 136 cm³/mol. The van der Waals surface area contributed by atoms with Crippen LogP contribution in [-0.4, -0.2) is 41.6 Å². The van der Waals surface area contributed by atoms with Crippen LogP contribution in [0.5, 0.6) is 17.2 Å². The second-order valence-electron chi connectivity index (χ2n) is 7.61. The van der Waals surface area contributed by atoms with Gasteiger partial charge in [-0.2, -0.15) is 0 Å². The molecule has 3 rings (SSSR count). The maximum Gasteiger partial charge on any atom is 0.333 e. The summed E-state index contributed by atoms with van der Waals surface area (Å²) in [4.78, 5) is 24.8. The molecule has 0 saturated heterocycles. The van der Waals surface area contributed by atoms with Gasteiger partial charge in [-0.25, -0.2) is 17.9 Å². The first-order valence-electron chi connectivity index (χ1n) is 10.7. The highest BCUT2D eigenvalue weighted by Crippen LogP contribution is 2.38. The van der Waals surface area contributed by atoms with E-state index in [9.17, 15) is 18.0 Å². The summed E-state index contributed by atoms with van der Waals surface area (Å²) in [5.41, 5.74) is 2.25. The molecular formula is C26H26N2O7S. The van der Waals surface area contributed by atoms with E-state index in [1.807, 2.05) is 11.6 Å². The van der Waals surface area contributed by atoms with Crippen LogP contribution in [0.15, 0.2) is 71.6 Å². The zero-order valence-corrected chi connectivity index (χ0v) is 21.0. The van der Waals surface area contributed by atoms with Crippen molar-refractivity contribution < 1.29 is 32.2 Å².